The maximum absolute atomic E-state index is 12.1. The van der Waals surface area contributed by atoms with E-state index in [4.69, 9.17) is 0 Å². The molecule has 1 aromatic rings. The van der Waals surface area contributed by atoms with Gasteiger partial charge in [-0.25, -0.2) is 8.42 Å². The minimum absolute atomic E-state index is 0.0263. The van der Waals surface area contributed by atoms with Crippen LogP contribution in [0.1, 0.15) is 5.56 Å². The Labute approximate surface area is 116 Å². The van der Waals surface area contributed by atoms with E-state index in [9.17, 15) is 21.6 Å². The Kier molecular flexibility index (Phi) is 3.56. The average Bonchev–Trinajstić information content (AvgIpc) is 2.47. The molecule has 4 nitrogen and oxygen atoms in total. The van der Waals surface area contributed by atoms with Crippen molar-refractivity contribution >= 4 is 26.0 Å². The van der Waals surface area contributed by atoms with Crippen molar-refractivity contribution in [1.29, 1.82) is 0 Å². The third-order valence-corrected chi connectivity index (χ3v) is 5.09. The quantitative estimate of drug-likeness (QED) is 0.815. The first-order valence-corrected chi connectivity index (χ1v) is 7.33. The largest absolute Gasteiger partial charge is 0.483 e. The lowest BCUT2D eigenvalue weighted by Crippen LogP contribution is -2.19. The van der Waals surface area contributed by atoms with Gasteiger partial charge in [-0.1, -0.05) is 0 Å². The maximum Gasteiger partial charge on any atom is 0.422 e. The van der Waals surface area contributed by atoms with Crippen molar-refractivity contribution in [2.24, 2.45) is 0 Å². The van der Waals surface area contributed by atoms with Gasteiger partial charge in [-0.05, 0) is 33.6 Å². The van der Waals surface area contributed by atoms with E-state index < -0.39 is 22.8 Å². The number of nitrogens with zero attached hydrogens (tertiary/aromatic N) is 1. The molecule has 0 unspecified atom stereocenters. The van der Waals surface area contributed by atoms with Crippen molar-refractivity contribution in [3.63, 3.8) is 0 Å². The Morgan fingerprint density at radius 3 is 2.63 bits per heavy atom. The minimum Gasteiger partial charge on any atom is -0.483 e. The van der Waals surface area contributed by atoms with Crippen LogP contribution in [0.2, 0.25) is 0 Å². The van der Waals surface area contributed by atoms with Crippen molar-refractivity contribution in [3.05, 3.63) is 22.2 Å². The molecule has 0 N–H and O–H groups in total. The zero-order valence-electron chi connectivity index (χ0n) is 9.66. The van der Waals surface area contributed by atoms with Crippen molar-refractivity contribution in [3.8, 4) is 5.75 Å². The fourth-order valence-corrected chi connectivity index (χ4v) is 3.68. The minimum atomic E-state index is -4.44. The van der Waals surface area contributed by atoms with Crippen LogP contribution >= 0.6 is 15.9 Å². The van der Waals surface area contributed by atoms with Crippen LogP contribution in [0.5, 0.6) is 5.75 Å². The monoisotopic (exact) mass is 359 g/mol. The van der Waals surface area contributed by atoms with Crippen LogP contribution in [0, 0.1) is 0 Å². The lowest BCUT2D eigenvalue weighted by atomic mass is 10.2. The Balaban J connectivity index is 2.35. The Morgan fingerprint density at radius 1 is 1.42 bits per heavy atom. The van der Waals surface area contributed by atoms with Gasteiger partial charge in [0.15, 0.2) is 6.61 Å². The second kappa shape index (κ2) is 4.64. The normalized spacial score (nSPS) is 18.4. The van der Waals surface area contributed by atoms with E-state index in [0.29, 0.717) is 5.56 Å². The lowest BCUT2D eigenvalue weighted by Gasteiger charge is -2.11. The first kappa shape index (κ1) is 14.6. The van der Waals surface area contributed by atoms with Crippen LogP contribution in [-0.2, 0) is 16.6 Å². The molecule has 0 saturated carbocycles. The van der Waals surface area contributed by atoms with Crippen LogP contribution in [0.4, 0.5) is 13.2 Å². The zero-order valence-corrected chi connectivity index (χ0v) is 12.1. The number of ether oxygens (including phenoxy) is 1. The molecule has 0 aromatic heterocycles. The first-order chi connectivity index (χ1) is 8.61. The lowest BCUT2D eigenvalue weighted by molar-refractivity contribution is -0.153. The molecule has 1 aliphatic rings. The number of alkyl halides is 3. The van der Waals surface area contributed by atoms with E-state index in [1.165, 1.54) is 19.2 Å². The summed E-state index contributed by atoms with van der Waals surface area (Å²) in [6.45, 7) is -1.31. The summed E-state index contributed by atoms with van der Waals surface area (Å²) in [4.78, 5) is 0.0845. The van der Waals surface area contributed by atoms with Gasteiger partial charge >= 0.3 is 6.18 Å². The van der Waals surface area contributed by atoms with E-state index in [1.807, 2.05) is 0 Å². The molecule has 1 aromatic carbocycles. The van der Waals surface area contributed by atoms with E-state index in [1.54, 1.807) is 0 Å². The topological polar surface area (TPSA) is 46.6 Å². The molecule has 106 valence electrons. The number of hydrogen-bond donors (Lipinski definition) is 0. The molecule has 19 heavy (non-hydrogen) atoms. The van der Waals surface area contributed by atoms with E-state index in [0.717, 1.165) is 4.31 Å². The third kappa shape index (κ3) is 2.87. The molecular weight excluding hydrogens is 351 g/mol. The molecule has 0 aliphatic carbocycles. The molecule has 0 atom stereocenters. The predicted octanol–water partition coefficient (Wildman–Crippen LogP) is 2.52. The fraction of sp³-hybridized carbons (Fsp3) is 0.400. The number of benzene rings is 1. The van der Waals surface area contributed by atoms with E-state index >= 15 is 0 Å². The highest BCUT2D eigenvalue weighted by atomic mass is 79.9. The molecule has 0 fully saturated rings. The summed E-state index contributed by atoms with van der Waals surface area (Å²) in [6, 6.07) is 2.58. The highest BCUT2D eigenvalue weighted by molar-refractivity contribution is 9.10. The standard InChI is InChI=1S/C10H9BrF3NO3S/c1-15-4-6-2-8(18-5-10(12,13)14)7(11)3-9(6)19(15,16)17/h2-3H,4-5H2,1H3. The second-order valence-electron chi connectivity index (χ2n) is 4.06. The van der Waals surface area contributed by atoms with Gasteiger partial charge < -0.3 is 4.74 Å². The number of sulfonamides is 1. The second-order valence-corrected chi connectivity index (χ2v) is 6.92. The summed E-state index contributed by atoms with van der Waals surface area (Å²) in [7, 11) is -2.14. The molecule has 0 bridgehead atoms. The maximum atomic E-state index is 12.1. The molecule has 0 spiro atoms. The Morgan fingerprint density at radius 2 is 2.05 bits per heavy atom. The Bertz CT molecular complexity index is 615. The van der Waals surface area contributed by atoms with Gasteiger partial charge in [-0.2, -0.15) is 17.5 Å². The Hall–Kier alpha value is -0.800. The average molecular weight is 360 g/mol. The zero-order chi connectivity index (χ0) is 14.4. The van der Waals surface area contributed by atoms with Gasteiger partial charge in [0.05, 0.1) is 9.37 Å². The SMILES string of the molecule is CN1Cc2cc(OCC(F)(F)F)c(Br)cc2S1(=O)=O. The van der Waals surface area contributed by atoms with Gasteiger partial charge in [0.25, 0.3) is 0 Å². The van der Waals surface area contributed by atoms with Gasteiger partial charge in [-0.3, -0.25) is 0 Å². The highest BCUT2D eigenvalue weighted by Gasteiger charge is 2.34. The molecular formula is C10H9BrF3NO3S. The highest BCUT2D eigenvalue weighted by Crippen LogP contribution is 2.37. The van der Waals surface area contributed by atoms with Gasteiger partial charge in [-0.15, -0.1) is 0 Å². The van der Waals surface area contributed by atoms with Crippen LogP contribution < -0.4 is 4.74 Å². The first-order valence-electron chi connectivity index (χ1n) is 5.09. The van der Waals surface area contributed by atoms with Crippen LogP contribution in [0.15, 0.2) is 21.5 Å². The summed E-state index contributed by atoms with van der Waals surface area (Å²) in [6.07, 6.45) is -4.44. The van der Waals surface area contributed by atoms with Crippen LogP contribution in [0.3, 0.4) is 0 Å². The molecule has 1 aliphatic heterocycles. The number of fused-ring (bicyclic) bond motifs is 1. The third-order valence-electron chi connectivity index (χ3n) is 2.59. The van der Waals surface area contributed by atoms with Crippen molar-refractivity contribution in [2.75, 3.05) is 13.7 Å². The van der Waals surface area contributed by atoms with Crippen LogP contribution in [0.25, 0.3) is 0 Å². The molecule has 0 amide bonds. The van der Waals surface area contributed by atoms with Crippen molar-refractivity contribution in [1.82, 2.24) is 4.31 Å². The number of hydrogen-bond acceptors (Lipinski definition) is 3. The van der Waals surface area contributed by atoms with Crippen LogP contribution in [-0.4, -0.2) is 32.6 Å². The fourth-order valence-electron chi connectivity index (χ4n) is 1.70. The molecule has 1 heterocycles. The van der Waals surface area contributed by atoms with Gasteiger partial charge in [0, 0.05) is 13.6 Å². The molecule has 0 radical (unpaired) electrons. The van der Waals surface area contributed by atoms with E-state index in [2.05, 4.69) is 20.7 Å². The summed E-state index contributed by atoms with van der Waals surface area (Å²) in [5.41, 5.74) is 0.419. The van der Waals surface area contributed by atoms with Crippen molar-refractivity contribution in [2.45, 2.75) is 17.6 Å². The molecule has 9 heteroatoms. The van der Waals surface area contributed by atoms with Gasteiger partial charge in [0.2, 0.25) is 10.0 Å². The molecule has 2 rings (SSSR count). The smallest absolute Gasteiger partial charge is 0.422 e. The summed E-state index contributed by atoms with van der Waals surface area (Å²) in [5, 5.41) is 0. The predicted molar refractivity (Wildman–Crippen MR) is 64.3 cm³/mol. The summed E-state index contributed by atoms with van der Waals surface area (Å²) >= 11 is 3.01. The van der Waals surface area contributed by atoms with Crippen molar-refractivity contribution < 1.29 is 26.3 Å². The van der Waals surface area contributed by atoms with E-state index in [-0.39, 0.29) is 21.7 Å². The number of rotatable bonds is 2. The molecule has 0 saturated heterocycles. The number of halogens is 4. The summed E-state index contributed by atoms with van der Waals surface area (Å²) < 4.78 is 65.9. The van der Waals surface area contributed by atoms with Gasteiger partial charge in [0.1, 0.15) is 5.75 Å². The summed E-state index contributed by atoms with van der Waals surface area (Å²) in [5.74, 6) is -0.0263.